The van der Waals surface area contributed by atoms with Gasteiger partial charge in [0.2, 0.25) is 5.91 Å². The topological polar surface area (TPSA) is 63.5 Å². The highest BCUT2D eigenvalue weighted by Gasteiger charge is 2.29. The SMILES string of the molecule is C[C@H]1CN(C(=O)CN2CCC(c3nnc4n3CCC4)CC2)CCO1. The first kappa shape index (κ1) is 16.0. The minimum atomic E-state index is 0.156. The summed E-state index contributed by atoms with van der Waals surface area (Å²) in [4.78, 5) is 16.7. The van der Waals surface area contributed by atoms with Gasteiger partial charge in [0.1, 0.15) is 11.6 Å². The summed E-state index contributed by atoms with van der Waals surface area (Å²) in [5, 5.41) is 8.77. The Hall–Kier alpha value is -1.47. The maximum Gasteiger partial charge on any atom is 0.236 e. The van der Waals surface area contributed by atoms with Gasteiger partial charge in [-0.2, -0.15) is 0 Å². The first-order valence-corrected chi connectivity index (χ1v) is 9.24. The van der Waals surface area contributed by atoms with E-state index in [1.165, 1.54) is 12.2 Å². The van der Waals surface area contributed by atoms with Crippen LogP contribution in [-0.2, 0) is 22.5 Å². The molecule has 4 heterocycles. The molecule has 0 aromatic carbocycles. The predicted molar refractivity (Wildman–Crippen MR) is 88.8 cm³/mol. The van der Waals surface area contributed by atoms with Crippen LogP contribution in [0.1, 0.15) is 43.8 Å². The van der Waals surface area contributed by atoms with Crippen molar-refractivity contribution in [3.8, 4) is 0 Å². The number of piperidine rings is 1. The van der Waals surface area contributed by atoms with Gasteiger partial charge in [0.05, 0.1) is 19.3 Å². The summed E-state index contributed by atoms with van der Waals surface area (Å²) in [5.41, 5.74) is 0. The molecule has 0 spiro atoms. The highest BCUT2D eigenvalue weighted by atomic mass is 16.5. The third kappa shape index (κ3) is 3.19. The van der Waals surface area contributed by atoms with E-state index in [0.29, 0.717) is 19.1 Å². The number of carbonyl (C=O) groups excluding carboxylic acids is 1. The van der Waals surface area contributed by atoms with Crippen LogP contribution in [0.3, 0.4) is 0 Å². The number of likely N-dealkylation sites (tertiary alicyclic amines) is 1. The summed E-state index contributed by atoms with van der Waals surface area (Å²) in [5.74, 6) is 3.07. The van der Waals surface area contributed by atoms with Crippen LogP contribution in [0.4, 0.5) is 0 Å². The maximum atomic E-state index is 12.5. The Labute approximate surface area is 143 Å². The van der Waals surface area contributed by atoms with Gasteiger partial charge in [0.25, 0.3) is 0 Å². The van der Waals surface area contributed by atoms with Crippen molar-refractivity contribution >= 4 is 5.91 Å². The Morgan fingerprint density at radius 1 is 1.21 bits per heavy atom. The summed E-state index contributed by atoms with van der Waals surface area (Å²) in [7, 11) is 0. The molecule has 1 amide bonds. The van der Waals surface area contributed by atoms with Crippen LogP contribution >= 0.6 is 0 Å². The highest BCUT2D eigenvalue weighted by Crippen LogP contribution is 2.29. The number of aromatic nitrogens is 3. The standard InChI is InChI=1S/C17H27N5O2/c1-13-11-21(9-10-24-13)16(23)12-20-7-4-14(5-8-20)17-19-18-15-3-2-6-22(15)17/h13-14H,2-12H2,1H3/t13-/m0/s1. The lowest BCUT2D eigenvalue weighted by Gasteiger charge is -2.35. The molecule has 2 fully saturated rings. The molecule has 0 saturated carbocycles. The second-order valence-electron chi connectivity index (χ2n) is 7.30. The van der Waals surface area contributed by atoms with Gasteiger partial charge >= 0.3 is 0 Å². The monoisotopic (exact) mass is 333 g/mol. The van der Waals surface area contributed by atoms with Crippen LogP contribution in [0.15, 0.2) is 0 Å². The molecular weight excluding hydrogens is 306 g/mol. The van der Waals surface area contributed by atoms with Crippen molar-refractivity contribution in [2.45, 2.75) is 51.2 Å². The first-order chi connectivity index (χ1) is 11.7. The number of aryl methyl sites for hydroxylation is 1. The van der Waals surface area contributed by atoms with E-state index in [4.69, 9.17) is 4.74 Å². The van der Waals surface area contributed by atoms with Crippen LogP contribution in [0.5, 0.6) is 0 Å². The molecule has 7 heteroatoms. The molecule has 3 aliphatic heterocycles. The van der Waals surface area contributed by atoms with Gasteiger partial charge in [-0.15, -0.1) is 10.2 Å². The number of hydrogen-bond donors (Lipinski definition) is 0. The number of hydrogen-bond acceptors (Lipinski definition) is 5. The molecule has 1 aromatic heterocycles. The Morgan fingerprint density at radius 3 is 2.83 bits per heavy atom. The zero-order valence-corrected chi connectivity index (χ0v) is 14.5. The van der Waals surface area contributed by atoms with Gasteiger partial charge in [0.15, 0.2) is 0 Å². The molecule has 3 aliphatic rings. The van der Waals surface area contributed by atoms with E-state index in [2.05, 4.69) is 19.7 Å². The minimum absolute atomic E-state index is 0.156. The molecule has 1 atom stereocenters. The molecule has 0 aliphatic carbocycles. The fraction of sp³-hybridized carbons (Fsp3) is 0.824. The highest BCUT2D eigenvalue weighted by molar-refractivity contribution is 5.78. The lowest BCUT2D eigenvalue weighted by Crippen LogP contribution is -2.49. The fourth-order valence-corrected chi connectivity index (χ4v) is 4.16. The largest absolute Gasteiger partial charge is 0.375 e. The van der Waals surface area contributed by atoms with Crippen molar-refractivity contribution in [1.82, 2.24) is 24.6 Å². The van der Waals surface area contributed by atoms with E-state index < -0.39 is 0 Å². The molecule has 0 radical (unpaired) electrons. The van der Waals surface area contributed by atoms with Gasteiger partial charge in [-0.25, -0.2) is 0 Å². The number of nitrogens with zero attached hydrogens (tertiary/aromatic N) is 5. The van der Waals surface area contributed by atoms with Crippen molar-refractivity contribution < 1.29 is 9.53 Å². The lowest BCUT2D eigenvalue weighted by atomic mass is 9.96. The van der Waals surface area contributed by atoms with Crippen molar-refractivity contribution in [1.29, 1.82) is 0 Å². The average Bonchev–Trinajstić information content (AvgIpc) is 3.19. The van der Waals surface area contributed by atoms with Gasteiger partial charge in [0, 0.05) is 32.0 Å². The Bertz CT molecular complexity index is 594. The molecule has 2 saturated heterocycles. The average molecular weight is 333 g/mol. The second kappa shape index (κ2) is 6.80. The van der Waals surface area contributed by atoms with E-state index in [0.717, 1.165) is 57.8 Å². The van der Waals surface area contributed by atoms with Crippen molar-refractivity contribution in [2.75, 3.05) is 39.3 Å². The van der Waals surface area contributed by atoms with E-state index in [1.54, 1.807) is 0 Å². The second-order valence-corrected chi connectivity index (χ2v) is 7.30. The number of carbonyl (C=O) groups is 1. The Kier molecular flexibility index (Phi) is 4.54. The molecule has 132 valence electrons. The summed E-state index contributed by atoms with van der Waals surface area (Å²) in [6.45, 7) is 7.70. The van der Waals surface area contributed by atoms with Gasteiger partial charge < -0.3 is 14.2 Å². The van der Waals surface area contributed by atoms with Crippen molar-refractivity contribution in [3.05, 3.63) is 11.6 Å². The molecule has 4 rings (SSSR count). The summed E-state index contributed by atoms with van der Waals surface area (Å²) >= 11 is 0. The summed E-state index contributed by atoms with van der Waals surface area (Å²) < 4.78 is 7.84. The van der Waals surface area contributed by atoms with E-state index in [1.807, 2.05) is 11.8 Å². The van der Waals surface area contributed by atoms with Crippen LogP contribution in [0, 0.1) is 0 Å². The zero-order valence-electron chi connectivity index (χ0n) is 14.5. The van der Waals surface area contributed by atoms with Crippen LogP contribution in [0.25, 0.3) is 0 Å². The molecule has 24 heavy (non-hydrogen) atoms. The maximum absolute atomic E-state index is 12.5. The molecule has 0 unspecified atom stereocenters. The summed E-state index contributed by atoms with van der Waals surface area (Å²) in [6.07, 6.45) is 4.57. The van der Waals surface area contributed by atoms with E-state index in [-0.39, 0.29) is 12.0 Å². The zero-order chi connectivity index (χ0) is 16.5. The molecular formula is C17H27N5O2. The van der Waals surface area contributed by atoms with Crippen LogP contribution in [-0.4, -0.2) is 75.9 Å². The van der Waals surface area contributed by atoms with E-state index in [9.17, 15) is 4.79 Å². The van der Waals surface area contributed by atoms with Gasteiger partial charge in [-0.3, -0.25) is 9.69 Å². The quantitative estimate of drug-likeness (QED) is 0.813. The minimum Gasteiger partial charge on any atom is -0.375 e. The Morgan fingerprint density at radius 2 is 2.04 bits per heavy atom. The number of amides is 1. The van der Waals surface area contributed by atoms with Gasteiger partial charge in [-0.1, -0.05) is 0 Å². The third-order valence-corrected chi connectivity index (χ3v) is 5.54. The Balaban J connectivity index is 1.29. The molecule has 0 N–H and O–H groups in total. The van der Waals surface area contributed by atoms with Gasteiger partial charge in [-0.05, 0) is 39.3 Å². The number of morpholine rings is 1. The van der Waals surface area contributed by atoms with Crippen LogP contribution < -0.4 is 0 Å². The normalized spacial score (nSPS) is 25.9. The molecule has 7 nitrogen and oxygen atoms in total. The molecule has 1 aromatic rings. The van der Waals surface area contributed by atoms with Crippen LogP contribution in [0.2, 0.25) is 0 Å². The first-order valence-electron chi connectivity index (χ1n) is 9.24. The number of fused-ring (bicyclic) bond motifs is 1. The number of ether oxygens (including phenoxy) is 1. The fourth-order valence-electron chi connectivity index (χ4n) is 4.16. The third-order valence-electron chi connectivity index (χ3n) is 5.54. The predicted octanol–water partition coefficient (Wildman–Crippen LogP) is 0.651. The number of rotatable bonds is 3. The molecule has 0 bridgehead atoms. The smallest absolute Gasteiger partial charge is 0.236 e. The lowest BCUT2D eigenvalue weighted by molar-refractivity contribution is -0.139. The van der Waals surface area contributed by atoms with Crippen molar-refractivity contribution in [2.24, 2.45) is 0 Å². The van der Waals surface area contributed by atoms with Crippen molar-refractivity contribution in [3.63, 3.8) is 0 Å². The summed E-state index contributed by atoms with van der Waals surface area (Å²) in [6, 6.07) is 0. The van der Waals surface area contributed by atoms with E-state index >= 15 is 0 Å².